The van der Waals surface area contributed by atoms with Crippen molar-refractivity contribution < 1.29 is 19.0 Å². The second kappa shape index (κ2) is 9.20. The molecule has 0 amide bonds. The number of aliphatic hydroxyl groups excluding tert-OH is 1. The lowest BCUT2D eigenvalue weighted by Crippen LogP contribution is -2.37. The van der Waals surface area contributed by atoms with E-state index in [1.54, 1.807) is 26.4 Å². The summed E-state index contributed by atoms with van der Waals surface area (Å²) in [5.41, 5.74) is 2.03. The molecule has 1 unspecified atom stereocenters. The normalized spacial score (nSPS) is 16.9. The molecular weight excluding hydrogens is 345 g/mol. The lowest BCUT2D eigenvalue weighted by atomic mass is 9.90. The highest BCUT2D eigenvalue weighted by Crippen LogP contribution is 2.30. The molecule has 1 fully saturated rings. The largest absolute Gasteiger partial charge is 0.493 e. The van der Waals surface area contributed by atoms with Gasteiger partial charge in [0, 0.05) is 6.54 Å². The van der Waals surface area contributed by atoms with E-state index in [9.17, 15) is 9.50 Å². The Kier molecular flexibility index (Phi) is 6.69. The van der Waals surface area contributed by atoms with Crippen LogP contribution in [-0.2, 0) is 6.42 Å². The molecule has 1 aliphatic rings. The molecule has 27 heavy (non-hydrogen) atoms. The van der Waals surface area contributed by atoms with Crippen molar-refractivity contribution in [1.82, 2.24) is 4.90 Å². The number of ether oxygens (including phenoxy) is 2. The summed E-state index contributed by atoms with van der Waals surface area (Å²) >= 11 is 0. The minimum absolute atomic E-state index is 0.276. The predicted molar refractivity (Wildman–Crippen MR) is 104 cm³/mol. The highest BCUT2D eigenvalue weighted by molar-refractivity contribution is 5.43. The van der Waals surface area contributed by atoms with Crippen LogP contribution in [0.25, 0.3) is 0 Å². The van der Waals surface area contributed by atoms with Gasteiger partial charge in [-0.05, 0) is 73.7 Å². The number of likely N-dealkylation sites (tertiary alicyclic amines) is 1. The molecule has 1 aliphatic heterocycles. The maximum atomic E-state index is 13.0. The van der Waals surface area contributed by atoms with Crippen molar-refractivity contribution in [2.75, 3.05) is 33.9 Å². The summed E-state index contributed by atoms with van der Waals surface area (Å²) < 4.78 is 23.7. The van der Waals surface area contributed by atoms with Crippen LogP contribution in [0.15, 0.2) is 42.5 Å². The number of hydrogen-bond acceptors (Lipinski definition) is 4. The van der Waals surface area contributed by atoms with Crippen LogP contribution in [0, 0.1) is 11.7 Å². The molecule has 5 heteroatoms. The van der Waals surface area contributed by atoms with Gasteiger partial charge in [-0.3, -0.25) is 0 Å². The summed E-state index contributed by atoms with van der Waals surface area (Å²) in [6, 6.07) is 12.2. The number of piperidine rings is 1. The third-order valence-corrected chi connectivity index (χ3v) is 5.37. The Balaban J connectivity index is 1.49. The lowest BCUT2D eigenvalue weighted by Gasteiger charge is -2.33. The third-order valence-electron chi connectivity index (χ3n) is 5.37. The van der Waals surface area contributed by atoms with Gasteiger partial charge < -0.3 is 19.5 Å². The first-order valence-electron chi connectivity index (χ1n) is 9.46. The molecule has 0 spiro atoms. The van der Waals surface area contributed by atoms with Gasteiger partial charge in [-0.15, -0.1) is 0 Å². The van der Waals surface area contributed by atoms with Crippen molar-refractivity contribution in [1.29, 1.82) is 0 Å². The van der Waals surface area contributed by atoms with E-state index in [1.165, 1.54) is 17.7 Å². The first kappa shape index (κ1) is 19.6. The Bertz CT molecular complexity index is 727. The van der Waals surface area contributed by atoms with E-state index >= 15 is 0 Å². The van der Waals surface area contributed by atoms with Crippen LogP contribution in [0.4, 0.5) is 4.39 Å². The molecule has 2 aromatic carbocycles. The minimum atomic E-state index is -0.576. The van der Waals surface area contributed by atoms with Crippen molar-refractivity contribution in [2.45, 2.75) is 25.4 Å². The Labute approximate surface area is 160 Å². The van der Waals surface area contributed by atoms with E-state index in [0.29, 0.717) is 12.5 Å². The molecule has 0 aliphatic carbocycles. The number of methoxy groups -OCH3 is 2. The van der Waals surface area contributed by atoms with Crippen molar-refractivity contribution in [3.63, 3.8) is 0 Å². The summed E-state index contributed by atoms with van der Waals surface area (Å²) in [6.45, 7) is 2.53. The van der Waals surface area contributed by atoms with Gasteiger partial charge in [0.25, 0.3) is 0 Å². The number of aliphatic hydroxyl groups is 1. The lowest BCUT2D eigenvalue weighted by molar-refractivity contribution is 0.0892. The summed E-state index contributed by atoms with van der Waals surface area (Å²) in [5, 5.41) is 10.4. The molecule has 1 saturated heterocycles. The molecule has 2 aromatic rings. The van der Waals surface area contributed by atoms with E-state index in [4.69, 9.17) is 9.47 Å². The van der Waals surface area contributed by atoms with Crippen molar-refractivity contribution in [3.8, 4) is 11.5 Å². The first-order chi connectivity index (χ1) is 13.1. The fourth-order valence-electron chi connectivity index (χ4n) is 3.75. The maximum Gasteiger partial charge on any atom is 0.160 e. The molecule has 3 rings (SSSR count). The molecule has 4 nitrogen and oxygen atoms in total. The van der Waals surface area contributed by atoms with Gasteiger partial charge in [0.2, 0.25) is 0 Å². The Morgan fingerprint density at radius 3 is 2.33 bits per heavy atom. The third kappa shape index (κ3) is 5.21. The van der Waals surface area contributed by atoms with Gasteiger partial charge in [0.15, 0.2) is 11.5 Å². The number of nitrogens with zero attached hydrogens (tertiary/aromatic N) is 1. The molecule has 0 aromatic heterocycles. The van der Waals surface area contributed by atoms with Crippen molar-refractivity contribution in [3.05, 3.63) is 59.4 Å². The van der Waals surface area contributed by atoms with E-state index < -0.39 is 6.10 Å². The molecule has 1 heterocycles. The second-order valence-corrected chi connectivity index (χ2v) is 7.20. The van der Waals surface area contributed by atoms with Gasteiger partial charge in [-0.1, -0.05) is 18.2 Å². The second-order valence-electron chi connectivity index (χ2n) is 7.20. The highest BCUT2D eigenvalue weighted by Gasteiger charge is 2.22. The van der Waals surface area contributed by atoms with Gasteiger partial charge in [0.1, 0.15) is 5.82 Å². The van der Waals surface area contributed by atoms with Crippen LogP contribution in [0.5, 0.6) is 11.5 Å². The summed E-state index contributed by atoms with van der Waals surface area (Å²) in [5.74, 6) is 1.88. The topological polar surface area (TPSA) is 41.9 Å². The summed E-state index contributed by atoms with van der Waals surface area (Å²) in [7, 11) is 3.31. The average molecular weight is 373 g/mol. The van der Waals surface area contributed by atoms with Crippen LogP contribution in [0.1, 0.15) is 30.1 Å². The molecular formula is C22H28FNO3. The molecule has 0 saturated carbocycles. The van der Waals surface area contributed by atoms with Crippen LogP contribution in [0.3, 0.4) is 0 Å². The average Bonchev–Trinajstić information content (AvgIpc) is 2.69. The molecule has 1 N–H and O–H groups in total. The van der Waals surface area contributed by atoms with Crippen LogP contribution in [0.2, 0.25) is 0 Å². The van der Waals surface area contributed by atoms with E-state index in [2.05, 4.69) is 17.0 Å². The zero-order valence-electron chi connectivity index (χ0n) is 16.0. The summed E-state index contributed by atoms with van der Waals surface area (Å²) in [4.78, 5) is 2.29. The SMILES string of the molecule is COc1ccc(CC2CCN(CC(O)c3ccc(F)cc3)CC2)cc1OC. The van der Waals surface area contributed by atoms with E-state index in [1.807, 2.05) is 6.07 Å². The fourth-order valence-corrected chi connectivity index (χ4v) is 3.75. The number of halogens is 1. The first-order valence-corrected chi connectivity index (χ1v) is 9.46. The number of hydrogen-bond donors (Lipinski definition) is 1. The fraction of sp³-hybridized carbons (Fsp3) is 0.455. The van der Waals surface area contributed by atoms with E-state index in [-0.39, 0.29) is 5.82 Å². The van der Waals surface area contributed by atoms with Gasteiger partial charge >= 0.3 is 0 Å². The Morgan fingerprint density at radius 2 is 1.70 bits per heavy atom. The van der Waals surface area contributed by atoms with Gasteiger partial charge in [-0.25, -0.2) is 4.39 Å². The minimum Gasteiger partial charge on any atom is -0.493 e. The zero-order chi connectivity index (χ0) is 19.2. The molecule has 0 radical (unpaired) electrons. The Hall–Kier alpha value is -2.11. The van der Waals surface area contributed by atoms with E-state index in [0.717, 1.165) is 49.4 Å². The Morgan fingerprint density at radius 1 is 1.04 bits per heavy atom. The molecule has 146 valence electrons. The van der Waals surface area contributed by atoms with Crippen molar-refractivity contribution >= 4 is 0 Å². The van der Waals surface area contributed by atoms with Crippen LogP contribution in [-0.4, -0.2) is 43.9 Å². The zero-order valence-corrected chi connectivity index (χ0v) is 16.0. The highest BCUT2D eigenvalue weighted by atomic mass is 19.1. The standard InChI is InChI=1S/C22H28FNO3/c1-26-21-8-3-17(14-22(21)27-2)13-16-9-11-24(12-10-16)15-20(25)18-4-6-19(23)7-5-18/h3-8,14,16,20,25H,9-13,15H2,1-2H3. The quantitative estimate of drug-likeness (QED) is 0.801. The van der Waals surface area contributed by atoms with Gasteiger partial charge in [0.05, 0.1) is 20.3 Å². The maximum absolute atomic E-state index is 13.0. The number of β-amino-alcohol motifs (C(OH)–C–C–N with tert-alkyl or cyclic N) is 1. The summed E-state index contributed by atoms with van der Waals surface area (Å²) in [6.07, 6.45) is 2.65. The van der Waals surface area contributed by atoms with Gasteiger partial charge in [-0.2, -0.15) is 0 Å². The number of benzene rings is 2. The van der Waals surface area contributed by atoms with Crippen LogP contribution < -0.4 is 9.47 Å². The predicted octanol–water partition coefficient (Wildman–Crippen LogP) is 3.83. The smallest absolute Gasteiger partial charge is 0.160 e. The van der Waals surface area contributed by atoms with Crippen LogP contribution >= 0.6 is 0 Å². The molecule has 1 atom stereocenters. The monoisotopic (exact) mass is 373 g/mol. The number of rotatable bonds is 7. The van der Waals surface area contributed by atoms with Crippen molar-refractivity contribution in [2.24, 2.45) is 5.92 Å². The molecule has 0 bridgehead atoms.